The van der Waals surface area contributed by atoms with Gasteiger partial charge in [-0.3, -0.25) is 0 Å². The van der Waals surface area contributed by atoms with Crippen LogP contribution in [0.15, 0.2) is 29.3 Å². The Hall–Kier alpha value is -1.75. The van der Waals surface area contributed by atoms with Gasteiger partial charge >= 0.3 is 0 Å². The standard InChI is InChI=1S/C17H27N3O2/c1-3-18-17(19-10-11-21-2)20-12-15-6-4-5-7-16(15)22-13-14-8-9-14/h4-7,14H,3,8-13H2,1-2H3,(H2,18,19,20). The first-order valence-corrected chi connectivity index (χ1v) is 8.05. The Balaban J connectivity index is 1.92. The number of nitrogens with zero attached hydrogens (tertiary/aromatic N) is 1. The van der Waals surface area contributed by atoms with Crippen LogP contribution >= 0.6 is 0 Å². The smallest absolute Gasteiger partial charge is 0.191 e. The number of para-hydroxylation sites is 1. The third kappa shape index (κ3) is 5.93. The van der Waals surface area contributed by atoms with Crippen molar-refractivity contribution in [2.45, 2.75) is 26.3 Å². The molecule has 1 aliphatic carbocycles. The second-order valence-corrected chi connectivity index (χ2v) is 5.48. The van der Waals surface area contributed by atoms with E-state index in [0.29, 0.717) is 13.2 Å². The van der Waals surface area contributed by atoms with E-state index in [1.165, 1.54) is 12.8 Å². The van der Waals surface area contributed by atoms with Gasteiger partial charge in [-0.1, -0.05) is 18.2 Å². The average Bonchev–Trinajstić information content (AvgIpc) is 3.36. The van der Waals surface area contributed by atoms with Gasteiger partial charge in [0.2, 0.25) is 0 Å². The van der Waals surface area contributed by atoms with Gasteiger partial charge in [0, 0.05) is 25.8 Å². The number of hydrogen-bond donors (Lipinski definition) is 2. The molecule has 5 nitrogen and oxygen atoms in total. The summed E-state index contributed by atoms with van der Waals surface area (Å²) in [5, 5.41) is 6.48. The van der Waals surface area contributed by atoms with E-state index in [1.54, 1.807) is 7.11 Å². The van der Waals surface area contributed by atoms with E-state index in [0.717, 1.165) is 42.9 Å². The van der Waals surface area contributed by atoms with E-state index in [1.807, 2.05) is 18.2 Å². The highest BCUT2D eigenvalue weighted by Crippen LogP contribution is 2.30. The molecule has 0 bridgehead atoms. The predicted octanol–water partition coefficient (Wildman–Crippen LogP) is 2.18. The minimum absolute atomic E-state index is 0.600. The lowest BCUT2D eigenvalue weighted by Crippen LogP contribution is -2.38. The first-order chi connectivity index (χ1) is 10.8. The number of hydrogen-bond acceptors (Lipinski definition) is 3. The van der Waals surface area contributed by atoms with Crippen LogP contribution in [0.2, 0.25) is 0 Å². The zero-order valence-electron chi connectivity index (χ0n) is 13.6. The van der Waals surface area contributed by atoms with E-state index in [2.05, 4.69) is 28.6 Å². The lowest BCUT2D eigenvalue weighted by atomic mass is 10.2. The first-order valence-electron chi connectivity index (χ1n) is 8.05. The van der Waals surface area contributed by atoms with Crippen LogP contribution in [0.1, 0.15) is 25.3 Å². The average molecular weight is 305 g/mol. The maximum absolute atomic E-state index is 5.92. The summed E-state index contributed by atoms with van der Waals surface area (Å²) in [6.07, 6.45) is 2.60. The third-order valence-corrected chi connectivity index (χ3v) is 3.49. The first kappa shape index (κ1) is 16.6. The van der Waals surface area contributed by atoms with Crippen molar-refractivity contribution in [2.75, 3.05) is 33.4 Å². The summed E-state index contributed by atoms with van der Waals surface area (Å²) in [5.74, 6) is 2.51. The van der Waals surface area contributed by atoms with Crippen molar-refractivity contribution in [2.24, 2.45) is 10.9 Å². The Morgan fingerprint density at radius 3 is 2.82 bits per heavy atom. The molecule has 1 aromatic rings. The summed E-state index contributed by atoms with van der Waals surface area (Å²) < 4.78 is 11.0. The van der Waals surface area contributed by atoms with E-state index in [-0.39, 0.29) is 0 Å². The van der Waals surface area contributed by atoms with Crippen LogP contribution in [0, 0.1) is 5.92 Å². The minimum Gasteiger partial charge on any atom is -0.493 e. The van der Waals surface area contributed by atoms with Crippen molar-refractivity contribution >= 4 is 5.96 Å². The van der Waals surface area contributed by atoms with Gasteiger partial charge in [0.25, 0.3) is 0 Å². The second-order valence-electron chi connectivity index (χ2n) is 5.48. The van der Waals surface area contributed by atoms with E-state index in [4.69, 9.17) is 9.47 Å². The highest BCUT2D eigenvalue weighted by Gasteiger charge is 2.22. The quantitative estimate of drug-likeness (QED) is 0.417. The van der Waals surface area contributed by atoms with Crippen LogP contribution in [-0.4, -0.2) is 39.4 Å². The number of methoxy groups -OCH3 is 1. The minimum atomic E-state index is 0.600. The molecule has 0 heterocycles. The molecule has 0 aromatic heterocycles. The van der Waals surface area contributed by atoms with Crippen LogP contribution in [0.3, 0.4) is 0 Å². The van der Waals surface area contributed by atoms with E-state index < -0.39 is 0 Å². The summed E-state index contributed by atoms with van der Waals surface area (Å²) in [7, 11) is 1.69. The molecule has 2 rings (SSSR count). The molecule has 0 atom stereocenters. The zero-order chi connectivity index (χ0) is 15.6. The highest BCUT2D eigenvalue weighted by molar-refractivity contribution is 5.79. The van der Waals surface area contributed by atoms with Crippen molar-refractivity contribution in [3.8, 4) is 5.75 Å². The summed E-state index contributed by atoms with van der Waals surface area (Å²) in [6.45, 7) is 5.71. The molecule has 1 aromatic carbocycles. The molecule has 0 spiro atoms. The van der Waals surface area contributed by atoms with E-state index in [9.17, 15) is 0 Å². The lowest BCUT2D eigenvalue weighted by molar-refractivity contribution is 0.203. The summed E-state index contributed by atoms with van der Waals surface area (Å²) in [5.41, 5.74) is 1.12. The Morgan fingerprint density at radius 1 is 1.27 bits per heavy atom. The molecular formula is C17H27N3O2. The van der Waals surface area contributed by atoms with Crippen molar-refractivity contribution < 1.29 is 9.47 Å². The Labute approximate surface area is 133 Å². The lowest BCUT2D eigenvalue weighted by Gasteiger charge is -2.12. The molecule has 0 unspecified atom stereocenters. The van der Waals surface area contributed by atoms with Crippen molar-refractivity contribution in [1.29, 1.82) is 0 Å². The molecule has 122 valence electrons. The van der Waals surface area contributed by atoms with Gasteiger partial charge in [-0.05, 0) is 31.7 Å². The molecule has 0 aliphatic heterocycles. The highest BCUT2D eigenvalue weighted by atomic mass is 16.5. The summed E-state index contributed by atoms with van der Waals surface area (Å²) >= 11 is 0. The summed E-state index contributed by atoms with van der Waals surface area (Å²) in [4.78, 5) is 4.62. The third-order valence-electron chi connectivity index (χ3n) is 3.49. The van der Waals surface area contributed by atoms with Crippen LogP contribution < -0.4 is 15.4 Å². The molecule has 22 heavy (non-hydrogen) atoms. The number of ether oxygens (including phenoxy) is 2. The number of guanidine groups is 1. The maximum Gasteiger partial charge on any atom is 0.191 e. The SMILES string of the molecule is CCNC(=NCc1ccccc1OCC1CC1)NCCOC. The van der Waals surface area contributed by atoms with Gasteiger partial charge in [-0.25, -0.2) is 4.99 Å². The second kappa shape index (κ2) is 9.30. The number of rotatable bonds is 9. The van der Waals surface area contributed by atoms with Crippen LogP contribution in [0.4, 0.5) is 0 Å². The Bertz CT molecular complexity index is 473. The van der Waals surface area contributed by atoms with E-state index >= 15 is 0 Å². The molecule has 1 saturated carbocycles. The van der Waals surface area contributed by atoms with Crippen molar-refractivity contribution in [3.05, 3.63) is 29.8 Å². The zero-order valence-corrected chi connectivity index (χ0v) is 13.6. The molecule has 1 fully saturated rings. The molecule has 0 saturated heterocycles. The van der Waals surface area contributed by atoms with Crippen LogP contribution in [-0.2, 0) is 11.3 Å². The van der Waals surface area contributed by atoms with Gasteiger partial charge in [0.1, 0.15) is 5.75 Å². The van der Waals surface area contributed by atoms with Crippen LogP contribution in [0.25, 0.3) is 0 Å². The predicted molar refractivity (Wildman–Crippen MR) is 89.4 cm³/mol. The monoisotopic (exact) mass is 305 g/mol. The fourth-order valence-corrected chi connectivity index (χ4v) is 2.04. The summed E-state index contributed by atoms with van der Waals surface area (Å²) in [6, 6.07) is 8.14. The molecule has 2 N–H and O–H groups in total. The normalized spacial score (nSPS) is 14.7. The van der Waals surface area contributed by atoms with Crippen molar-refractivity contribution in [1.82, 2.24) is 10.6 Å². The topological polar surface area (TPSA) is 54.9 Å². The number of aliphatic imine (C=N–C) groups is 1. The fourth-order valence-electron chi connectivity index (χ4n) is 2.04. The molecule has 1 aliphatic rings. The maximum atomic E-state index is 5.92. The molecule has 5 heteroatoms. The van der Waals surface area contributed by atoms with Gasteiger partial charge in [-0.15, -0.1) is 0 Å². The number of benzene rings is 1. The van der Waals surface area contributed by atoms with Gasteiger partial charge < -0.3 is 20.1 Å². The molecule has 0 radical (unpaired) electrons. The number of nitrogens with one attached hydrogen (secondary N) is 2. The van der Waals surface area contributed by atoms with Gasteiger partial charge in [0.15, 0.2) is 5.96 Å². The molecule has 0 amide bonds. The van der Waals surface area contributed by atoms with Gasteiger partial charge in [-0.2, -0.15) is 0 Å². The fraction of sp³-hybridized carbons (Fsp3) is 0.588. The largest absolute Gasteiger partial charge is 0.493 e. The van der Waals surface area contributed by atoms with Crippen LogP contribution in [0.5, 0.6) is 5.75 Å². The molecular weight excluding hydrogens is 278 g/mol. The van der Waals surface area contributed by atoms with Gasteiger partial charge in [0.05, 0.1) is 19.8 Å². The Morgan fingerprint density at radius 2 is 2.09 bits per heavy atom. The Kier molecular flexibility index (Phi) is 7.03. The van der Waals surface area contributed by atoms with Crippen molar-refractivity contribution in [3.63, 3.8) is 0 Å².